The van der Waals surface area contributed by atoms with Crippen LogP contribution in [0.2, 0.25) is 0 Å². The number of nitrogens with one attached hydrogen (secondary N) is 1. The van der Waals surface area contributed by atoms with E-state index in [1.54, 1.807) is 6.08 Å². The van der Waals surface area contributed by atoms with Crippen LogP contribution in [0.15, 0.2) is 48.0 Å². The zero-order valence-corrected chi connectivity index (χ0v) is 14.6. The van der Waals surface area contributed by atoms with Crippen LogP contribution >= 0.6 is 0 Å². The second kappa shape index (κ2) is 7.61. The highest BCUT2D eigenvalue weighted by Gasteiger charge is 2.12. The molecule has 0 aromatic heterocycles. The molecule has 2 rings (SSSR count). The lowest BCUT2D eigenvalue weighted by molar-refractivity contribution is -0.112. The third-order valence-corrected chi connectivity index (χ3v) is 4.00. The van der Waals surface area contributed by atoms with Crippen LogP contribution in [-0.4, -0.2) is 5.91 Å². The topological polar surface area (TPSA) is 52.9 Å². The molecule has 0 unspecified atom stereocenters. The van der Waals surface area contributed by atoms with E-state index in [2.05, 4.69) is 19.2 Å². The van der Waals surface area contributed by atoms with E-state index in [0.29, 0.717) is 5.92 Å². The Hall–Kier alpha value is -2.86. The number of nitriles is 1. The molecule has 0 spiro atoms. The molecule has 0 heterocycles. The lowest BCUT2D eigenvalue weighted by Crippen LogP contribution is -2.15. The standard InChI is InChI=1S/C21H22N2O/c1-14(2)18-10-8-17(9-11-18)12-19(13-22)21(24)23-20-15(3)6-5-7-16(20)4/h5-12,14H,1-4H3,(H,23,24)/b19-12-. The number of aryl methyl sites for hydroxylation is 2. The fourth-order valence-electron chi connectivity index (χ4n) is 2.48. The molecular weight excluding hydrogens is 296 g/mol. The van der Waals surface area contributed by atoms with Gasteiger partial charge in [-0.1, -0.05) is 56.3 Å². The van der Waals surface area contributed by atoms with Crippen LogP contribution in [0, 0.1) is 25.2 Å². The second-order valence-electron chi connectivity index (χ2n) is 6.21. The molecule has 0 saturated heterocycles. The van der Waals surface area contributed by atoms with E-state index in [1.165, 1.54) is 5.56 Å². The highest BCUT2D eigenvalue weighted by atomic mass is 16.1. The summed E-state index contributed by atoms with van der Waals surface area (Å²) in [5.41, 5.74) is 4.87. The Morgan fingerprint density at radius 3 is 2.17 bits per heavy atom. The predicted octanol–water partition coefficient (Wildman–Crippen LogP) is 4.97. The zero-order chi connectivity index (χ0) is 17.7. The van der Waals surface area contributed by atoms with Gasteiger partial charge in [0, 0.05) is 5.69 Å². The Morgan fingerprint density at radius 2 is 1.67 bits per heavy atom. The van der Waals surface area contributed by atoms with Gasteiger partial charge in [-0.15, -0.1) is 0 Å². The largest absolute Gasteiger partial charge is 0.321 e. The van der Waals surface area contributed by atoms with Crippen LogP contribution < -0.4 is 5.32 Å². The van der Waals surface area contributed by atoms with E-state index in [9.17, 15) is 10.1 Å². The van der Waals surface area contributed by atoms with Gasteiger partial charge in [-0.05, 0) is 48.1 Å². The predicted molar refractivity (Wildman–Crippen MR) is 98.7 cm³/mol. The van der Waals surface area contributed by atoms with E-state index in [1.807, 2.05) is 62.4 Å². The number of anilines is 1. The molecule has 3 nitrogen and oxygen atoms in total. The second-order valence-corrected chi connectivity index (χ2v) is 6.21. The zero-order valence-electron chi connectivity index (χ0n) is 14.6. The molecule has 0 bridgehead atoms. The first kappa shape index (κ1) is 17.5. The molecule has 0 aliphatic carbocycles. The molecule has 0 atom stereocenters. The van der Waals surface area contributed by atoms with Gasteiger partial charge in [-0.3, -0.25) is 4.79 Å². The minimum Gasteiger partial charge on any atom is -0.321 e. The first-order valence-electron chi connectivity index (χ1n) is 8.01. The first-order valence-corrected chi connectivity index (χ1v) is 8.01. The molecule has 122 valence electrons. The van der Waals surface area contributed by atoms with E-state index in [4.69, 9.17) is 0 Å². The molecule has 0 fully saturated rings. The monoisotopic (exact) mass is 318 g/mol. The number of para-hydroxylation sites is 1. The minimum atomic E-state index is -0.386. The van der Waals surface area contributed by atoms with Gasteiger partial charge in [0.15, 0.2) is 0 Å². The summed E-state index contributed by atoms with van der Waals surface area (Å²) in [7, 11) is 0. The number of rotatable bonds is 4. The van der Waals surface area contributed by atoms with Crippen LogP contribution in [0.4, 0.5) is 5.69 Å². The maximum absolute atomic E-state index is 12.4. The molecule has 1 amide bonds. The number of carbonyl (C=O) groups excluding carboxylic acids is 1. The van der Waals surface area contributed by atoms with Gasteiger partial charge < -0.3 is 5.32 Å². The Morgan fingerprint density at radius 1 is 1.08 bits per heavy atom. The number of amides is 1. The SMILES string of the molecule is Cc1cccc(C)c1NC(=O)/C(C#N)=C\c1ccc(C(C)C)cc1. The van der Waals surface area contributed by atoms with Crippen molar-refractivity contribution < 1.29 is 4.79 Å². The number of carbonyl (C=O) groups is 1. The lowest BCUT2D eigenvalue weighted by Gasteiger charge is -2.11. The molecule has 2 aromatic rings. The average Bonchev–Trinajstić information content (AvgIpc) is 2.56. The summed E-state index contributed by atoms with van der Waals surface area (Å²) in [4.78, 5) is 12.4. The highest BCUT2D eigenvalue weighted by molar-refractivity contribution is 6.10. The van der Waals surface area contributed by atoms with Gasteiger partial charge in [-0.2, -0.15) is 5.26 Å². The first-order chi connectivity index (χ1) is 11.4. The maximum atomic E-state index is 12.4. The third-order valence-electron chi connectivity index (χ3n) is 4.00. The van der Waals surface area contributed by atoms with Crippen molar-refractivity contribution in [3.05, 3.63) is 70.3 Å². The Kier molecular flexibility index (Phi) is 5.55. The summed E-state index contributed by atoms with van der Waals surface area (Å²) >= 11 is 0. The molecule has 0 saturated carbocycles. The minimum absolute atomic E-state index is 0.0925. The molecule has 0 aliphatic heterocycles. The lowest BCUT2D eigenvalue weighted by atomic mass is 10.0. The van der Waals surface area contributed by atoms with Crippen molar-refractivity contribution in [3.8, 4) is 6.07 Å². The van der Waals surface area contributed by atoms with Crippen LogP contribution in [0.3, 0.4) is 0 Å². The van der Waals surface area contributed by atoms with Crippen molar-refractivity contribution in [1.82, 2.24) is 0 Å². The molecule has 2 aromatic carbocycles. The summed E-state index contributed by atoms with van der Waals surface area (Å²) < 4.78 is 0. The van der Waals surface area contributed by atoms with Gasteiger partial charge >= 0.3 is 0 Å². The normalized spacial score (nSPS) is 11.2. The van der Waals surface area contributed by atoms with Gasteiger partial charge in [0.25, 0.3) is 5.91 Å². The summed E-state index contributed by atoms with van der Waals surface area (Å²) in [6, 6.07) is 15.7. The fraction of sp³-hybridized carbons (Fsp3) is 0.238. The summed E-state index contributed by atoms with van der Waals surface area (Å²) in [6.07, 6.45) is 1.62. The van der Waals surface area contributed by atoms with Crippen molar-refractivity contribution in [1.29, 1.82) is 5.26 Å². The summed E-state index contributed by atoms with van der Waals surface area (Å²) in [6.45, 7) is 8.12. The van der Waals surface area contributed by atoms with Crippen LogP contribution in [-0.2, 0) is 4.79 Å². The maximum Gasteiger partial charge on any atom is 0.266 e. The Balaban J connectivity index is 2.24. The van der Waals surface area contributed by atoms with Crippen molar-refractivity contribution in [2.24, 2.45) is 0 Å². The summed E-state index contributed by atoms with van der Waals surface area (Å²) in [5.74, 6) is 0.0635. The van der Waals surface area contributed by atoms with Crippen molar-refractivity contribution in [3.63, 3.8) is 0 Å². The Bertz CT molecular complexity index is 788. The van der Waals surface area contributed by atoms with E-state index >= 15 is 0 Å². The van der Waals surface area contributed by atoms with Gasteiger partial charge in [-0.25, -0.2) is 0 Å². The van der Waals surface area contributed by atoms with Crippen LogP contribution in [0.1, 0.15) is 42.0 Å². The highest BCUT2D eigenvalue weighted by Crippen LogP contribution is 2.21. The smallest absolute Gasteiger partial charge is 0.266 e. The quantitative estimate of drug-likeness (QED) is 0.639. The van der Waals surface area contributed by atoms with Gasteiger partial charge in [0.05, 0.1) is 0 Å². The molecule has 0 aliphatic rings. The van der Waals surface area contributed by atoms with E-state index < -0.39 is 0 Å². The summed E-state index contributed by atoms with van der Waals surface area (Å²) in [5, 5.41) is 12.2. The Labute approximate surface area is 143 Å². The molecule has 0 radical (unpaired) electrons. The van der Waals surface area contributed by atoms with Crippen molar-refractivity contribution in [2.75, 3.05) is 5.32 Å². The van der Waals surface area contributed by atoms with Crippen LogP contribution in [0.5, 0.6) is 0 Å². The number of hydrogen-bond donors (Lipinski definition) is 1. The average molecular weight is 318 g/mol. The number of benzene rings is 2. The number of nitrogens with zero attached hydrogens (tertiary/aromatic N) is 1. The van der Waals surface area contributed by atoms with Crippen molar-refractivity contribution >= 4 is 17.7 Å². The van der Waals surface area contributed by atoms with Gasteiger partial charge in [0.2, 0.25) is 0 Å². The van der Waals surface area contributed by atoms with Crippen molar-refractivity contribution in [2.45, 2.75) is 33.6 Å². The van der Waals surface area contributed by atoms with E-state index in [-0.39, 0.29) is 11.5 Å². The van der Waals surface area contributed by atoms with Crippen LogP contribution in [0.25, 0.3) is 6.08 Å². The number of hydrogen-bond acceptors (Lipinski definition) is 2. The van der Waals surface area contributed by atoms with Gasteiger partial charge in [0.1, 0.15) is 11.6 Å². The molecule has 3 heteroatoms. The fourth-order valence-corrected chi connectivity index (χ4v) is 2.48. The third kappa shape index (κ3) is 4.11. The molecular formula is C21H22N2O. The molecule has 1 N–H and O–H groups in total. The van der Waals surface area contributed by atoms with E-state index in [0.717, 1.165) is 22.4 Å². The molecule has 24 heavy (non-hydrogen) atoms.